The lowest BCUT2D eigenvalue weighted by molar-refractivity contribution is 0.601. The van der Waals surface area contributed by atoms with Crippen LogP contribution in [0.25, 0.3) is 0 Å². The number of nitrogens with zero attached hydrogens (tertiary/aromatic N) is 2. The molecular weight excluding hydrogens is 384 g/mol. The molecule has 0 unspecified atom stereocenters. The van der Waals surface area contributed by atoms with Crippen LogP contribution in [0, 0.1) is 6.92 Å². The van der Waals surface area contributed by atoms with Crippen molar-refractivity contribution in [2.45, 2.75) is 24.9 Å². The Morgan fingerprint density at radius 2 is 1.69 bits per heavy atom. The van der Waals surface area contributed by atoms with Gasteiger partial charge in [0.15, 0.2) is 15.8 Å². The summed E-state index contributed by atoms with van der Waals surface area (Å²) in [6, 6.07) is 13.9. The molecule has 0 bridgehead atoms. The van der Waals surface area contributed by atoms with Crippen molar-refractivity contribution in [2.24, 2.45) is 4.99 Å². The van der Waals surface area contributed by atoms with Gasteiger partial charge in [-0.05, 0) is 41.8 Å². The molecule has 1 aliphatic rings. The van der Waals surface area contributed by atoms with E-state index < -0.39 is 9.84 Å². The summed E-state index contributed by atoms with van der Waals surface area (Å²) in [5.74, 6) is 0.697. The zero-order chi connectivity index (χ0) is 20.9. The van der Waals surface area contributed by atoms with Gasteiger partial charge in [0.2, 0.25) is 0 Å². The molecule has 0 aromatic heterocycles. The maximum Gasteiger partial charge on any atom is 0.191 e. The number of aryl methyl sites for hydroxylation is 1. The van der Waals surface area contributed by atoms with Gasteiger partial charge in [0, 0.05) is 45.2 Å². The SMILES string of the molecule is CN=C(NCc1cccc(N2CC=CC2)c1)NCc1ccc(S(C)(=O)=O)c(C)c1. The number of guanidine groups is 1. The molecule has 0 fully saturated rings. The normalized spacial score (nSPS) is 14.3. The summed E-state index contributed by atoms with van der Waals surface area (Å²) in [6.45, 7) is 4.95. The van der Waals surface area contributed by atoms with Crippen molar-refractivity contribution in [1.82, 2.24) is 10.6 Å². The minimum atomic E-state index is -3.20. The Labute approximate surface area is 173 Å². The van der Waals surface area contributed by atoms with Crippen molar-refractivity contribution >= 4 is 21.5 Å². The molecule has 0 spiro atoms. The lowest BCUT2D eigenvalue weighted by atomic mass is 10.1. The number of hydrogen-bond donors (Lipinski definition) is 2. The van der Waals surface area contributed by atoms with E-state index in [1.54, 1.807) is 13.1 Å². The highest BCUT2D eigenvalue weighted by molar-refractivity contribution is 7.90. The van der Waals surface area contributed by atoms with Gasteiger partial charge < -0.3 is 15.5 Å². The fraction of sp³-hybridized carbons (Fsp3) is 0.318. The molecule has 154 valence electrons. The highest BCUT2D eigenvalue weighted by Crippen LogP contribution is 2.19. The predicted molar refractivity (Wildman–Crippen MR) is 119 cm³/mol. The minimum absolute atomic E-state index is 0.372. The van der Waals surface area contributed by atoms with Gasteiger partial charge in [0.1, 0.15) is 0 Å². The summed E-state index contributed by atoms with van der Waals surface area (Å²) in [5.41, 5.74) is 4.16. The molecule has 1 aliphatic heterocycles. The Kier molecular flexibility index (Phi) is 6.59. The number of aliphatic imine (C=N–C) groups is 1. The maximum atomic E-state index is 11.8. The van der Waals surface area contributed by atoms with Gasteiger partial charge in [-0.25, -0.2) is 8.42 Å². The maximum absolute atomic E-state index is 11.8. The third-order valence-corrected chi connectivity index (χ3v) is 6.13. The van der Waals surface area contributed by atoms with E-state index in [1.165, 1.54) is 17.5 Å². The molecule has 1 heterocycles. The van der Waals surface area contributed by atoms with Crippen molar-refractivity contribution in [1.29, 1.82) is 0 Å². The number of hydrogen-bond acceptors (Lipinski definition) is 4. The smallest absolute Gasteiger partial charge is 0.191 e. The lowest BCUT2D eigenvalue weighted by Crippen LogP contribution is -2.36. The summed E-state index contributed by atoms with van der Waals surface area (Å²) < 4.78 is 23.5. The quantitative estimate of drug-likeness (QED) is 0.434. The van der Waals surface area contributed by atoms with Gasteiger partial charge in [0.05, 0.1) is 4.90 Å². The van der Waals surface area contributed by atoms with E-state index in [2.05, 4.69) is 56.9 Å². The molecule has 7 heteroatoms. The predicted octanol–water partition coefficient (Wildman–Crippen LogP) is 2.64. The molecule has 3 rings (SSSR count). The van der Waals surface area contributed by atoms with Crippen LogP contribution in [0.5, 0.6) is 0 Å². The van der Waals surface area contributed by atoms with Gasteiger partial charge >= 0.3 is 0 Å². The van der Waals surface area contributed by atoms with Crippen molar-refractivity contribution in [3.05, 3.63) is 71.3 Å². The first-order valence-corrected chi connectivity index (χ1v) is 11.5. The molecule has 0 saturated carbocycles. The van der Waals surface area contributed by atoms with Crippen LogP contribution in [0.2, 0.25) is 0 Å². The average molecular weight is 413 g/mol. The Morgan fingerprint density at radius 1 is 1.03 bits per heavy atom. The molecule has 2 N–H and O–H groups in total. The average Bonchev–Trinajstić information content (AvgIpc) is 3.22. The third kappa shape index (κ3) is 5.60. The molecule has 0 radical (unpaired) electrons. The second-order valence-corrected chi connectivity index (χ2v) is 9.18. The van der Waals surface area contributed by atoms with Crippen molar-refractivity contribution in [3.63, 3.8) is 0 Å². The van der Waals surface area contributed by atoms with Crippen LogP contribution in [-0.4, -0.2) is 40.8 Å². The van der Waals surface area contributed by atoms with Gasteiger partial charge in [-0.15, -0.1) is 0 Å². The molecule has 0 aliphatic carbocycles. The van der Waals surface area contributed by atoms with E-state index >= 15 is 0 Å². The molecule has 6 nitrogen and oxygen atoms in total. The van der Waals surface area contributed by atoms with Crippen LogP contribution in [0.1, 0.15) is 16.7 Å². The first-order valence-electron chi connectivity index (χ1n) is 9.60. The summed E-state index contributed by atoms with van der Waals surface area (Å²) in [5, 5.41) is 6.61. The van der Waals surface area contributed by atoms with Gasteiger partial charge in [-0.3, -0.25) is 4.99 Å². The Balaban J connectivity index is 1.56. The van der Waals surface area contributed by atoms with E-state index in [1.807, 2.05) is 19.1 Å². The summed E-state index contributed by atoms with van der Waals surface area (Å²) in [6.07, 6.45) is 5.59. The summed E-state index contributed by atoms with van der Waals surface area (Å²) in [7, 11) is -1.46. The topological polar surface area (TPSA) is 73.8 Å². The molecular formula is C22H28N4O2S. The molecule has 29 heavy (non-hydrogen) atoms. The van der Waals surface area contributed by atoms with Crippen LogP contribution in [0.15, 0.2) is 64.5 Å². The van der Waals surface area contributed by atoms with Gasteiger partial charge in [0.25, 0.3) is 0 Å². The first kappa shape index (κ1) is 20.9. The van der Waals surface area contributed by atoms with E-state index in [9.17, 15) is 8.42 Å². The van der Waals surface area contributed by atoms with E-state index in [0.29, 0.717) is 23.9 Å². The Bertz CT molecular complexity index is 1020. The summed E-state index contributed by atoms with van der Waals surface area (Å²) >= 11 is 0. The first-order chi connectivity index (χ1) is 13.9. The fourth-order valence-electron chi connectivity index (χ4n) is 3.38. The van der Waals surface area contributed by atoms with Crippen LogP contribution >= 0.6 is 0 Å². The molecule has 0 amide bonds. The van der Waals surface area contributed by atoms with Crippen LogP contribution in [-0.2, 0) is 22.9 Å². The number of nitrogens with one attached hydrogen (secondary N) is 2. The van der Waals surface area contributed by atoms with Crippen molar-refractivity contribution in [3.8, 4) is 0 Å². The second kappa shape index (κ2) is 9.13. The molecule has 2 aromatic rings. The second-order valence-electron chi connectivity index (χ2n) is 7.20. The Morgan fingerprint density at radius 3 is 2.28 bits per heavy atom. The number of rotatable bonds is 6. The van der Waals surface area contributed by atoms with E-state index in [4.69, 9.17) is 0 Å². The fourth-order valence-corrected chi connectivity index (χ4v) is 4.34. The number of benzene rings is 2. The van der Waals surface area contributed by atoms with Crippen molar-refractivity contribution in [2.75, 3.05) is 31.3 Å². The molecule has 0 saturated heterocycles. The summed E-state index contributed by atoms with van der Waals surface area (Å²) in [4.78, 5) is 6.97. The molecule has 2 aromatic carbocycles. The lowest BCUT2D eigenvalue weighted by Gasteiger charge is -2.19. The largest absolute Gasteiger partial charge is 0.364 e. The van der Waals surface area contributed by atoms with Crippen LogP contribution in [0.3, 0.4) is 0 Å². The van der Waals surface area contributed by atoms with E-state index in [-0.39, 0.29) is 0 Å². The van der Waals surface area contributed by atoms with Crippen LogP contribution in [0.4, 0.5) is 5.69 Å². The number of anilines is 1. The van der Waals surface area contributed by atoms with E-state index in [0.717, 1.165) is 24.2 Å². The highest BCUT2D eigenvalue weighted by Gasteiger charge is 2.11. The minimum Gasteiger partial charge on any atom is -0.364 e. The van der Waals surface area contributed by atoms with Gasteiger partial charge in [-0.2, -0.15) is 0 Å². The zero-order valence-corrected chi connectivity index (χ0v) is 18.0. The van der Waals surface area contributed by atoms with Crippen molar-refractivity contribution < 1.29 is 8.42 Å². The zero-order valence-electron chi connectivity index (χ0n) is 17.1. The Hall–Kier alpha value is -2.80. The van der Waals surface area contributed by atoms with Gasteiger partial charge in [-0.1, -0.05) is 36.4 Å². The monoisotopic (exact) mass is 412 g/mol. The highest BCUT2D eigenvalue weighted by atomic mass is 32.2. The van der Waals surface area contributed by atoms with Crippen LogP contribution < -0.4 is 15.5 Å². The third-order valence-electron chi connectivity index (χ3n) is 4.88. The number of sulfone groups is 1. The standard InChI is InChI=1S/C22H28N4O2S/c1-17-13-19(9-10-21(17)29(3,27)28)16-25-22(23-2)24-15-18-7-6-8-20(14-18)26-11-4-5-12-26/h4-10,13-14H,11-12,15-16H2,1-3H3,(H2,23,24,25). The molecule has 0 atom stereocenters.